The Morgan fingerprint density at radius 3 is 2.67 bits per heavy atom. The van der Waals surface area contributed by atoms with Gasteiger partial charge in [0, 0.05) is 40.8 Å². The van der Waals surface area contributed by atoms with Gasteiger partial charge in [-0.15, -0.1) is 0 Å². The fourth-order valence-corrected chi connectivity index (χ4v) is 3.84. The lowest BCUT2D eigenvalue weighted by Crippen LogP contribution is -2.18. The number of aryl methyl sites for hydroxylation is 1. The van der Waals surface area contributed by atoms with E-state index in [1.54, 1.807) is 0 Å². The molecule has 8 nitrogen and oxygen atoms in total. The average Bonchev–Trinajstić information content (AvgIpc) is 2.93. The van der Waals surface area contributed by atoms with Crippen molar-refractivity contribution < 1.29 is 13.3 Å². The monoisotopic (exact) mass is 386 g/mol. The van der Waals surface area contributed by atoms with E-state index >= 15 is 0 Å². The van der Waals surface area contributed by atoms with Crippen molar-refractivity contribution in [3.8, 4) is 0 Å². The molecule has 0 aliphatic rings. The number of sulfonamides is 1. The summed E-state index contributed by atoms with van der Waals surface area (Å²) < 4.78 is 26.8. The highest BCUT2D eigenvalue weighted by molar-refractivity contribution is 7.89. The number of hydrogen-bond acceptors (Lipinski definition) is 5. The lowest BCUT2D eigenvalue weighted by Gasteiger charge is -2.04. The molecule has 9 heteroatoms. The zero-order valence-corrected chi connectivity index (χ0v) is 15.6. The van der Waals surface area contributed by atoms with Crippen LogP contribution in [0, 0.1) is 17.0 Å². The van der Waals surface area contributed by atoms with Crippen LogP contribution in [0.15, 0.2) is 58.5 Å². The number of nitrogens with zero attached hydrogens (tertiary/aromatic N) is 3. The molecule has 2 aromatic carbocycles. The Balaban J connectivity index is 1.92. The number of fused-ring (bicyclic) bond motifs is 1. The molecule has 0 bridgehead atoms. The van der Waals surface area contributed by atoms with Crippen LogP contribution in [0.4, 0.5) is 5.69 Å². The summed E-state index contributed by atoms with van der Waals surface area (Å²) in [6, 6.07) is 12.6. The maximum Gasteiger partial charge on any atom is 0.276 e. The summed E-state index contributed by atoms with van der Waals surface area (Å²) in [7, 11) is -4.01. The molecule has 0 fully saturated rings. The van der Waals surface area contributed by atoms with Gasteiger partial charge in [-0.1, -0.05) is 24.3 Å². The van der Waals surface area contributed by atoms with Crippen LogP contribution < -0.4 is 4.83 Å². The maximum atomic E-state index is 12.4. The van der Waals surface area contributed by atoms with E-state index in [-0.39, 0.29) is 10.6 Å². The molecule has 0 aliphatic heterocycles. The normalized spacial score (nSPS) is 11.9. The van der Waals surface area contributed by atoms with Gasteiger partial charge in [-0.3, -0.25) is 10.1 Å². The third-order valence-corrected chi connectivity index (χ3v) is 5.52. The lowest BCUT2D eigenvalue weighted by atomic mass is 10.1. The van der Waals surface area contributed by atoms with Crippen LogP contribution in [-0.4, -0.2) is 24.1 Å². The third-order valence-electron chi connectivity index (χ3n) is 4.30. The fourth-order valence-electron chi connectivity index (χ4n) is 3.01. The second-order valence-electron chi connectivity index (χ2n) is 5.87. The molecule has 1 heterocycles. The molecule has 0 saturated heterocycles. The van der Waals surface area contributed by atoms with E-state index in [0.717, 1.165) is 34.8 Å². The molecule has 3 rings (SSSR count). The standard InChI is InChI=1S/C18H18N4O4S/c1-3-21-13(2)17(16-9-4-5-10-18(16)21)12-19-20-27(25,26)15-8-6-7-14(11-15)22(23)24/h4-12,20H,3H2,1-2H3/b19-12+. The van der Waals surface area contributed by atoms with E-state index in [1.807, 2.05) is 38.1 Å². The van der Waals surface area contributed by atoms with Gasteiger partial charge in [-0.25, -0.2) is 4.83 Å². The minimum Gasteiger partial charge on any atom is -0.344 e. The zero-order chi connectivity index (χ0) is 19.6. The molecule has 140 valence electrons. The summed E-state index contributed by atoms with van der Waals surface area (Å²) in [6.07, 6.45) is 1.46. The Bertz CT molecular complexity index is 1150. The van der Waals surface area contributed by atoms with Crippen molar-refractivity contribution in [2.75, 3.05) is 0 Å². The van der Waals surface area contributed by atoms with Crippen LogP contribution in [0.1, 0.15) is 18.2 Å². The summed E-state index contributed by atoms with van der Waals surface area (Å²) in [6.45, 7) is 4.75. The first-order valence-corrected chi connectivity index (χ1v) is 9.70. The molecule has 0 atom stereocenters. The van der Waals surface area contributed by atoms with Gasteiger partial charge < -0.3 is 4.57 Å². The van der Waals surface area contributed by atoms with Crippen LogP contribution in [0.25, 0.3) is 10.9 Å². The molecule has 3 aromatic rings. The third kappa shape index (κ3) is 3.54. The second kappa shape index (κ2) is 7.20. The van der Waals surface area contributed by atoms with E-state index in [4.69, 9.17) is 0 Å². The van der Waals surface area contributed by atoms with E-state index in [0.29, 0.717) is 0 Å². The average molecular weight is 386 g/mol. The first kappa shape index (κ1) is 18.6. The highest BCUT2D eigenvalue weighted by Gasteiger charge is 2.17. The van der Waals surface area contributed by atoms with Gasteiger partial charge in [-0.2, -0.15) is 13.5 Å². The van der Waals surface area contributed by atoms with Crippen molar-refractivity contribution in [1.29, 1.82) is 0 Å². The Morgan fingerprint density at radius 2 is 1.96 bits per heavy atom. The van der Waals surface area contributed by atoms with Gasteiger partial charge in [-0.05, 0) is 26.0 Å². The van der Waals surface area contributed by atoms with Crippen molar-refractivity contribution in [2.24, 2.45) is 5.10 Å². The van der Waals surface area contributed by atoms with Crippen molar-refractivity contribution in [3.63, 3.8) is 0 Å². The van der Waals surface area contributed by atoms with Gasteiger partial charge in [0.1, 0.15) is 0 Å². The SMILES string of the molecule is CCn1c(C)c(/C=N/NS(=O)(=O)c2cccc([N+](=O)[O-])c2)c2ccccc21. The van der Waals surface area contributed by atoms with Crippen molar-refractivity contribution >= 4 is 32.8 Å². The Labute approximate surface area is 156 Å². The molecule has 0 saturated carbocycles. The zero-order valence-electron chi connectivity index (χ0n) is 14.8. The fraction of sp³-hybridized carbons (Fsp3) is 0.167. The number of hydrogen-bond donors (Lipinski definition) is 1. The largest absolute Gasteiger partial charge is 0.344 e. The quantitative estimate of drug-likeness (QED) is 0.399. The van der Waals surface area contributed by atoms with Gasteiger partial charge >= 0.3 is 0 Å². The summed E-state index contributed by atoms with van der Waals surface area (Å²) in [5.74, 6) is 0. The molecule has 1 N–H and O–H groups in total. The molecule has 0 amide bonds. The second-order valence-corrected chi connectivity index (χ2v) is 7.53. The summed E-state index contributed by atoms with van der Waals surface area (Å²) in [4.78, 5) is 12.1. The van der Waals surface area contributed by atoms with Crippen LogP contribution in [0.2, 0.25) is 0 Å². The topological polar surface area (TPSA) is 107 Å². The number of para-hydroxylation sites is 1. The Kier molecular flexibility index (Phi) is 4.95. The highest BCUT2D eigenvalue weighted by atomic mass is 32.2. The number of nitro benzene ring substituents is 1. The summed E-state index contributed by atoms with van der Waals surface area (Å²) in [5, 5.41) is 15.7. The van der Waals surface area contributed by atoms with Gasteiger partial charge in [0.15, 0.2) is 0 Å². The number of rotatable bonds is 6. The van der Waals surface area contributed by atoms with E-state index in [2.05, 4.69) is 14.5 Å². The molecule has 27 heavy (non-hydrogen) atoms. The summed E-state index contributed by atoms with van der Waals surface area (Å²) in [5.41, 5.74) is 2.52. The number of nitrogens with one attached hydrogen (secondary N) is 1. The first-order chi connectivity index (χ1) is 12.8. The molecule has 0 radical (unpaired) electrons. The predicted octanol–water partition coefficient (Wildman–Crippen LogP) is 3.19. The summed E-state index contributed by atoms with van der Waals surface area (Å²) >= 11 is 0. The smallest absolute Gasteiger partial charge is 0.276 e. The van der Waals surface area contributed by atoms with Crippen molar-refractivity contribution in [3.05, 3.63) is 69.9 Å². The number of hydrazone groups is 1. The van der Waals surface area contributed by atoms with E-state index in [9.17, 15) is 18.5 Å². The Morgan fingerprint density at radius 1 is 1.22 bits per heavy atom. The lowest BCUT2D eigenvalue weighted by molar-refractivity contribution is -0.385. The molecule has 0 spiro atoms. The highest BCUT2D eigenvalue weighted by Crippen LogP contribution is 2.24. The molecule has 1 aromatic heterocycles. The van der Waals surface area contributed by atoms with Crippen LogP contribution >= 0.6 is 0 Å². The number of aromatic nitrogens is 1. The molecule has 0 aliphatic carbocycles. The van der Waals surface area contributed by atoms with E-state index < -0.39 is 14.9 Å². The number of benzene rings is 2. The first-order valence-electron chi connectivity index (χ1n) is 8.22. The predicted molar refractivity (Wildman–Crippen MR) is 103 cm³/mol. The Hall–Kier alpha value is -3.20. The van der Waals surface area contributed by atoms with Gasteiger partial charge in [0.05, 0.1) is 16.0 Å². The minimum atomic E-state index is -4.01. The maximum absolute atomic E-state index is 12.4. The van der Waals surface area contributed by atoms with Gasteiger partial charge in [0.25, 0.3) is 15.7 Å². The minimum absolute atomic E-state index is 0.221. The molecular formula is C18H18N4O4S. The van der Waals surface area contributed by atoms with Crippen LogP contribution in [-0.2, 0) is 16.6 Å². The van der Waals surface area contributed by atoms with Crippen LogP contribution in [0.3, 0.4) is 0 Å². The van der Waals surface area contributed by atoms with Crippen LogP contribution in [0.5, 0.6) is 0 Å². The van der Waals surface area contributed by atoms with Gasteiger partial charge in [0.2, 0.25) is 0 Å². The molecule has 0 unspecified atom stereocenters. The number of nitro groups is 1. The number of non-ortho nitro benzene ring substituents is 1. The van der Waals surface area contributed by atoms with E-state index in [1.165, 1.54) is 24.4 Å². The van der Waals surface area contributed by atoms with Crippen molar-refractivity contribution in [2.45, 2.75) is 25.3 Å². The molecular weight excluding hydrogens is 368 g/mol. The van der Waals surface area contributed by atoms with Crippen molar-refractivity contribution in [1.82, 2.24) is 9.40 Å².